The number of carbonyl (C=O) groups is 1. The number of hydrogen-bond donors (Lipinski definition) is 3. The number of nitrogens with zero attached hydrogens (tertiary/aromatic N) is 2. The van der Waals surface area contributed by atoms with Crippen LogP contribution in [-0.2, 0) is 4.79 Å². The van der Waals surface area contributed by atoms with Gasteiger partial charge in [0.05, 0.1) is 34.1 Å². The molecule has 1 aliphatic heterocycles. The van der Waals surface area contributed by atoms with Crippen LogP contribution in [0.25, 0.3) is 10.9 Å². The summed E-state index contributed by atoms with van der Waals surface area (Å²) in [6, 6.07) is 9.92. The van der Waals surface area contributed by atoms with E-state index in [0.29, 0.717) is 40.3 Å². The van der Waals surface area contributed by atoms with E-state index in [1.807, 2.05) is 13.0 Å². The van der Waals surface area contributed by atoms with Crippen molar-refractivity contribution in [1.82, 2.24) is 10.3 Å². The van der Waals surface area contributed by atoms with Crippen LogP contribution in [0.15, 0.2) is 48.7 Å². The maximum Gasteiger partial charge on any atom is 0.248 e. The van der Waals surface area contributed by atoms with E-state index < -0.39 is 5.82 Å². The minimum atomic E-state index is -0.542. The molecule has 1 saturated heterocycles. The summed E-state index contributed by atoms with van der Waals surface area (Å²) in [7, 11) is 0. The van der Waals surface area contributed by atoms with E-state index in [0.717, 1.165) is 19.4 Å². The first kappa shape index (κ1) is 23.5. The van der Waals surface area contributed by atoms with E-state index in [4.69, 9.17) is 16.3 Å². The van der Waals surface area contributed by atoms with Gasteiger partial charge < -0.3 is 20.7 Å². The molecule has 1 aliphatic rings. The predicted molar refractivity (Wildman–Crippen MR) is 131 cm³/mol. The highest BCUT2D eigenvalue weighted by molar-refractivity contribution is 6.31. The zero-order chi connectivity index (χ0) is 24.1. The van der Waals surface area contributed by atoms with E-state index in [2.05, 4.69) is 27.0 Å². The first-order chi connectivity index (χ1) is 16.5. The minimum absolute atomic E-state index is 0.0445. The van der Waals surface area contributed by atoms with Crippen molar-refractivity contribution in [3.05, 3.63) is 65.1 Å². The lowest BCUT2D eigenvalue weighted by Gasteiger charge is -2.16. The van der Waals surface area contributed by atoms with Gasteiger partial charge in [0.2, 0.25) is 5.91 Å². The Bertz CT molecular complexity index is 1300. The average Bonchev–Trinajstić information content (AvgIpc) is 3.35. The number of anilines is 3. The molecular weight excluding hydrogens is 457 g/mol. The number of ether oxygens (including phenoxy) is 1. The number of amides is 1. The number of pyridine rings is 1. The summed E-state index contributed by atoms with van der Waals surface area (Å²) in [5, 5.41) is 19.5. The van der Waals surface area contributed by atoms with Crippen molar-refractivity contribution in [2.24, 2.45) is 0 Å². The van der Waals surface area contributed by atoms with Crippen LogP contribution in [0, 0.1) is 17.1 Å². The van der Waals surface area contributed by atoms with Gasteiger partial charge in [0.1, 0.15) is 17.6 Å². The Kier molecular flexibility index (Phi) is 7.26. The lowest BCUT2D eigenvalue weighted by atomic mass is 10.1. The normalized spacial score (nSPS) is 15.4. The second kappa shape index (κ2) is 10.5. The van der Waals surface area contributed by atoms with Gasteiger partial charge in [0, 0.05) is 35.5 Å². The first-order valence-corrected chi connectivity index (χ1v) is 11.3. The Hall–Kier alpha value is -3.67. The van der Waals surface area contributed by atoms with Crippen LogP contribution in [0.5, 0.6) is 5.75 Å². The van der Waals surface area contributed by atoms with Crippen LogP contribution < -0.4 is 20.7 Å². The standard InChI is InChI=1S/C25H23ClFN5O2/c1-2-34-23-12-21-18(11-22(23)32-24(33)8-6-16-4-3-9-29-16)25(15(13-28)14-30-21)31-17-5-7-20(27)19(26)10-17/h5-8,10-12,14,16,29H,2-4,9H2,1H3,(H,30,31)(H,32,33)/b8-6+. The van der Waals surface area contributed by atoms with Crippen LogP contribution >= 0.6 is 11.6 Å². The molecule has 1 aromatic heterocycles. The molecule has 7 nitrogen and oxygen atoms in total. The smallest absolute Gasteiger partial charge is 0.248 e. The number of rotatable bonds is 7. The van der Waals surface area contributed by atoms with Crippen molar-refractivity contribution < 1.29 is 13.9 Å². The second-order valence-corrected chi connectivity index (χ2v) is 8.17. The highest BCUT2D eigenvalue weighted by Gasteiger charge is 2.16. The van der Waals surface area contributed by atoms with E-state index in [-0.39, 0.29) is 22.5 Å². The zero-order valence-electron chi connectivity index (χ0n) is 18.5. The number of carbonyl (C=O) groups excluding carboxylic acids is 1. The molecule has 1 unspecified atom stereocenters. The molecule has 9 heteroatoms. The lowest BCUT2D eigenvalue weighted by Crippen LogP contribution is -2.19. The lowest BCUT2D eigenvalue weighted by molar-refractivity contribution is -0.111. The van der Waals surface area contributed by atoms with Crippen molar-refractivity contribution in [2.45, 2.75) is 25.8 Å². The SMILES string of the molecule is CCOc1cc2ncc(C#N)c(Nc3ccc(F)c(Cl)c3)c2cc1NC(=O)/C=C/C1CCCN1. The van der Waals surface area contributed by atoms with Crippen LogP contribution in [0.4, 0.5) is 21.5 Å². The van der Waals surface area contributed by atoms with E-state index >= 15 is 0 Å². The Balaban J connectivity index is 1.73. The summed E-state index contributed by atoms with van der Waals surface area (Å²) in [6.07, 6.45) is 6.88. The number of fused-ring (bicyclic) bond motifs is 1. The Morgan fingerprint density at radius 2 is 2.26 bits per heavy atom. The first-order valence-electron chi connectivity index (χ1n) is 10.9. The van der Waals surface area contributed by atoms with Gasteiger partial charge in [-0.15, -0.1) is 0 Å². The Morgan fingerprint density at radius 3 is 2.97 bits per heavy atom. The summed E-state index contributed by atoms with van der Waals surface area (Å²) < 4.78 is 19.3. The molecule has 3 aromatic rings. The monoisotopic (exact) mass is 479 g/mol. The predicted octanol–water partition coefficient (Wildman–Crippen LogP) is 5.29. The van der Waals surface area contributed by atoms with Crippen molar-refractivity contribution in [3.8, 4) is 11.8 Å². The largest absolute Gasteiger partial charge is 0.492 e. The summed E-state index contributed by atoms with van der Waals surface area (Å²) in [6.45, 7) is 3.18. The number of benzene rings is 2. The number of nitrogens with one attached hydrogen (secondary N) is 3. The highest BCUT2D eigenvalue weighted by Crippen LogP contribution is 2.36. The topological polar surface area (TPSA) is 99.1 Å². The van der Waals surface area contributed by atoms with Crippen LogP contribution in [-0.4, -0.2) is 30.1 Å². The fourth-order valence-corrected chi connectivity index (χ4v) is 3.96. The van der Waals surface area contributed by atoms with Crippen molar-refractivity contribution in [1.29, 1.82) is 5.26 Å². The molecule has 1 amide bonds. The van der Waals surface area contributed by atoms with Gasteiger partial charge in [-0.1, -0.05) is 17.7 Å². The molecule has 0 spiro atoms. The number of aromatic nitrogens is 1. The summed E-state index contributed by atoms with van der Waals surface area (Å²) in [5.74, 6) is -0.374. The van der Waals surface area contributed by atoms with E-state index in [1.54, 1.807) is 12.1 Å². The van der Waals surface area contributed by atoms with Crippen LogP contribution in [0.2, 0.25) is 5.02 Å². The average molecular weight is 480 g/mol. The third kappa shape index (κ3) is 5.28. The fourth-order valence-electron chi connectivity index (χ4n) is 3.78. The molecule has 2 heterocycles. The van der Waals surface area contributed by atoms with Crippen molar-refractivity contribution >= 4 is 45.5 Å². The molecule has 1 fully saturated rings. The van der Waals surface area contributed by atoms with Crippen LogP contribution in [0.1, 0.15) is 25.3 Å². The molecule has 2 aromatic carbocycles. The van der Waals surface area contributed by atoms with E-state index in [9.17, 15) is 14.4 Å². The molecular formula is C25H23ClFN5O2. The third-order valence-corrected chi connectivity index (χ3v) is 5.70. The van der Waals surface area contributed by atoms with Gasteiger partial charge in [-0.2, -0.15) is 5.26 Å². The van der Waals surface area contributed by atoms with Gasteiger partial charge in [-0.3, -0.25) is 9.78 Å². The molecule has 0 radical (unpaired) electrons. The van der Waals surface area contributed by atoms with Gasteiger partial charge >= 0.3 is 0 Å². The Morgan fingerprint density at radius 1 is 1.41 bits per heavy atom. The molecule has 174 valence electrons. The number of nitriles is 1. The minimum Gasteiger partial charge on any atom is -0.492 e. The van der Waals surface area contributed by atoms with Gasteiger partial charge in [0.15, 0.2) is 0 Å². The zero-order valence-corrected chi connectivity index (χ0v) is 19.2. The molecule has 0 saturated carbocycles. The molecule has 4 rings (SSSR count). The molecule has 0 aliphatic carbocycles. The summed E-state index contributed by atoms with van der Waals surface area (Å²) in [5.41, 5.74) is 2.24. The van der Waals surface area contributed by atoms with Crippen LogP contribution in [0.3, 0.4) is 0 Å². The van der Waals surface area contributed by atoms with Gasteiger partial charge in [-0.05, 0) is 50.6 Å². The van der Waals surface area contributed by atoms with Crippen molar-refractivity contribution in [3.63, 3.8) is 0 Å². The molecule has 34 heavy (non-hydrogen) atoms. The number of hydrogen-bond acceptors (Lipinski definition) is 6. The number of halogens is 2. The maximum absolute atomic E-state index is 13.6. The molecule has 0 bridgehead atoms. The quantitative estimate of drug-likeness (QED) is 0.398. The van der Waals surface area contributed by atoms with Gasteiger partial charge in [-0.25, -0.2) is 4.39 Å². The maximum atomic E-state index is 13.6. The Labute approximate surface area is 201 Å². The van der Waals surface area contributed by atoms with E-state index in [1.165, 1.54) is 30.5 Å². The molecule has 3 N–H and O–H groups in total. The van der Waals surface area contributed by atoms with Gasteiger partial charge in [0.25, 0.3) is 0 Å². The van der Waals surface area contributed by atoms with Crippen molar-refractivity contribution in [2.75, 3.05) is 23.8 Å². The summed E-state index contributed by atoms with van der Waals surface area (Å²) >= 11 is 5.92. The third-order valence-electron chi connectivity index (χ3n) is 5.41. The highest BCUT2D eigenvalue weighted by atomic mass is 35.5. The summed E-state index contributed by atoms with van der Waals surface area (Å²) in [4.78, 5) is 17.0. The fraction of sp³-hybridized carbons (Fsp3) is 0.240. The second-order valence-electron chi connectivity index (χ2n) is 7.76. The molecule has 1 atom stereocenters.